The number of urea groups is 1. The molecule has 0 fully saturated rings. The first kappa shape index (κ1) is 16.5. The number of para-hydroxylation sites is 1. The van der Waals surface area contributed by atoms with Crippen LogP contribution in [0.4, 0.5) is 21.9 Å². The van der Waals surface area contributed by atoms with Gasteiger partial charge >= 0.3 is 6.03 Å². The third-order valence-corrected chi connectivity index (χ3v) is 5.80. The van der Waals surface area contributed by atoms with Crippen LogP contribution in [0.25, 0.3) is 11.0 Å². The van der Waals surface area contributed by atoms with E-state index in [2.05, 4.69) is 36.5 Å². The highest BCUT2D eigenvalue weighted by atomic mass is 79.9. The molecule has 0 atom stereocenters. The fraction of sp³-hybridized carbons (Fsp3) is 0.130. The Morgan fingerprint density at radius 2 is 1.97 bits per heavy atom. The first-order valence-corrected chi connectivity index (χ1v) is 10.4. The van der Waals surface area contributed by atoms with Gasteiger partial charge in [0.2, 0.25) is 0 Å². The number of nitrogens with zero attached hydrogens (tertiary/aromatic N) is 2. The summed E-state index contributed by atoms with van der Waals surface area (Å²) in [6, 6.07) is 16.2. The molecule has 2 aromatic carbocycles. The number of carbonyl (C=O) groups is 1. The average molecular weight is 464 g/mol. The molecule has 2 aromatic heterocycles. The number of aromatic nitrogens is 2. The molecule has 1 aliphatic rings. The normalized spacial score (nSPS) is 14.2. The molecule has 0 bridgehead atoms. The molecule has 3 N–H and O–H groups in total. The Morgan fingerprint density at radius 3 is 2.87 bits per heavy atom. The molecule has 0 saturated heterocycles. The van der Waals surface area contributed by atoms with E-state index in [0.29, 0.717) is 35.6 Å². The Morgan fingerprint density at radius 1 is 1.13 bits per heavy atom. The highest BCUT2D eigenvalue weighted by Crippen LogP contribution is 2.35. The Kier molecular flexibility index (Phi) is 4.30. The molecule has 0 spiro atoms. The number of benzene rings is 2. The zero-order valence-corrected chi connectivity index (χ0v) is 17.5. The van der Waals surface area contributed by atoms with Crippen molar-refractivity contribution >= 4 is 50.1 Å². The number of fused-ring (bicyclic) bond motifs is 2. The largest absolute Gasteiger partial charge is 0.367 e. The van der Waals surface area contributed by atoms with E-state index >= 15 is 0 Å². The summed E-state index contributed by atoms with van der Waals surface area (Å²) in [7, 11) is 0. The first-order chi connectivity index (χ1) is 15.4. The van der Waals surface area contributed by atoms with Gasteiger partial charge in [-0.3, -0.25) is 0 Å². The lowest BCUT2D eigenvalue weighted by Crippen LogP contribution is -2.20. The summed E-state index contributed by atoms with van der Waals surface area (Å²) in [6.07, 6.45) is 4.01. The van der Waals surface area contributed by atoms with Crippen molar-refractivity contribution in [2.45, 2.75) is 12.9 Å². The quantitative estimate of drug-likeness (QED) is 0.372. The van der Waals surface area contributed by atoms with Crippen LogP contribution in [-0.4, -0.2) is 22.5 Å². The van der Waals surface area contributed by atoms with Crippen LogP contribution in [0.15, 0.2) is 71.5 Å². The first-order valence-electron chi connectivity index (χ1n) is 10.6. The lowest BCUT2D eigenvalue weighted by Gasteiger charge is -2.20. The van der Waals surface area contributed by atoms with Gasteiger partial charge < -0.3 is 20.5 Å². The predicted octanol–water partition coefficient (Wildman–Crippen LogP) is 5.53. The molecular weight excluding hydrogens is 442 g/mol. The minimum absolute atomic E-state index is 0.352. The minimum atomic E-state index is -1.75. The number of anilines is 3. The molecule has 0 radical (unpaired) electrons. The summed E-state index contributed by atoms with van der Waals surface area (Å²) in [4.78, 5) is 21.7. The smallest absolute Gasteiger partial charge is 0.323 e. The van der Waals surface area contributed by atoms with Crippen molar-refractivity contribution in [1.29, 1.82) is 0 Å². The highest BCUT2D eigenvalue weighted by Gasteiger charge is 2.23. The Labute approximate surface area is 185 Å². The Bertz CT molecular complexity index is 1320. The standard InChI is InChI=1S/C23H20BrN5O/c24-18-4-1-2-5-20(18)28-23(30)27-19-6-3-7-21-17(19)10-13-29(21)14-15-8-11-25-22-16(15)9-12-26-22/h1-9,11-12H,10,13-14H2,(H,25,26)(H2,27,28,30)/i14D2. The molecular formula is C23H20BrN5O. The van der Waals surface area contributed by atoms with E-state index in [1.54, 1.807) is 23.4 Å². The number of hydrogen-bond donors (Lipinski definition) is 3. The Balaban J connectivity index is 1.43. The van der Waals surface area contributed by atoms with Gasteiger partial charge in [-0.2, -0.15) is 0 Å². The van der Waals surface area contributed by atoms with Crippen LogP contribution in [-0.2, 0) is 12.9 Å². The second-order valence-corrected chi connectivity index (χ2v) is 7.83. The van der Waals surface area contributed by atoms with Crippen molar-refractivity contribution in [3.05, 3.63) is 82.6 Å². The van der Waals surface area contributed by atoms with Crippen LogP contribution in [0.2, 0.25) is 0 Å². The van der Waals surface area contributed by atoms with Gasteiger partial charge in [0.15, 0.2) is 0 Å². The van der Waals surface area contributed by atoms with E-state index < -0.39 is 6.50 Å². The van der Waals surface area contributed by atoms with Gasteiger partial charge in [0.05, 0.1) is 8.43 Å². The van der Waals surface area contributed by atoms with Gasteiger partial charge in [0.25, 0.3) is 0 Å². The molecule has 7 heteroatoms. The van der Waals surface area contributed by atoms with Crippen LogP contribution in [0.3, 0.4) is 0 Å². The number of nitrogens with one attached hydrogen (secondary N) is 3. The lowest BCUT2D eigenvalue weighted by atomic mass is 10.1. The van der Waals surface area contributed by atoms with Crippen LogP contribution < -0.4 is 15.5 Å². The SMILES string of the molecule is [2H]C([2H])(c1ccnc2[nH]ccc12)N1CCc2c(NC(=O)Nc3ccccc3Br)cccc21. The van der Waals surface area contributed by atoms with E-state index in [-0.39, 0.29) is 6.03 Å². The average Bonchev–Trinajstić information content (AvgIpc) is 3.43. The van der Waals surface area contributed by atoms with Gasteiger partial charge in [-0.05, 0) is 64.3 Å². The van der Waals surface area contributed by atoms with Gasteiger partial charge in [-0.25, -0.2) is 9.78 Å². The number of amides is 2. The Hall–Kier alpha value is -3.32. The van der Waals surface area contributed by atoms with E-state index in [0.717, 1.165) is 21.1 Å². The zero-order valence-electron chi connectivity index (χ0n) is 17.9. The molecule has 0 saturated carbocycles. The minimum Gasteiger partial charge on any atom is -0.367 e. The highest BCUT2D eigenvalue weighted by molar-refractivity contribution is 9.10. The molecule has 2 amide bonds. The fourth-order valence-electron chi connectivity index (χ4n) is 3.71. The van der Waals surface area contributed by atoms with E-state index in [9.17, 15) is 4.79 Å². The van der Waals surface area contributed by atoms with Crippen LogP contribution in [0.5, 0.6) is 0 Å². The fourth-order valence-corrected chi connectivity index (χ4v) is 4.09. The van der Waals surface area contributed by atoms with E-state index in [1.807, 2.05) is 48.5 Å². The lowest BCUT2D eigenvalue weighted by molar-refractivity contribution is 0.262. The molecule has 0 unspecified atom stereocenters. The van der Waals surface area contributed by atoms with Crippen LogP contribution in [0.1, 0.15) is 13.9 Å². The van der Waals surface area contributed by atoms with Crippen molar-refractivity contribution in [2.24, 2.45) is 0 Å². The molecule has 3 heterocycles. The number of rotatable bonds is 4. The van der Waals surface area contributed by atoms with Gasteiger partial charge in [0, 0.05) is 52.2 Å². The maximum atomic E-state index is 12.6. The maximum absolute atomic E-state index is 12.6. The predicted molar refractivity (Wildman–Crippen MR) is 124 cm³/mol. The van der Waals surface area contributed by atoms with Crippen LogP contribution >= 0.6 is 15.9 Å². The molecule has 150 valence electrons. The summed E-state index contributed by atoms with van der Waals surface area (Å²) in [6.45, 7) is -1.24. The molecule has 1 aliphatic heterocycles. The summed E-state index contributed by atoms with van der Waals surface area (Å²) >= 11 is 3.43. The molecule has 6 nitrogen and oxygen atoms in total. The number of H-pyrrole nitrogens is 1. The van der Waals surface area contributed by atoms with Crippen molar-refractivity contribution in [2.75, 3.05) is 22.1 Å². The van der Waals surface area contributed by atoms with Crippen molar-refractivity contribution < 1.29 is 7.54 Å². The summed E-state index contributed by atoms with van der Waals surface area (Å²) < 4.78 is 18.7. The molecule has 4 aromatic rings. The van der Waals surface area contributed by atoms with Crippen molar-refractivity contribution in [1.82, 2.24) is 9.97 Å². The second kappa shape index (κ2) is 7.84. The van der Waals surface area contributed by atoms with Gasteiger partial charge in [0.1, 0.15) is 5.65 Å². The summed E-state index contributed by atoms with van der Waals surface area (Å²) in [5.74, 6) is 0. The number of pyridine rings is 1. The monoisotopic (exact) mass is 463 g/mol. The van der Waals surface area contributed by atoms with Crippen molar-refractivity contribution in [3.8, 4) is 0 Å². The molecule has 5 rings (SSSR count). The third kappa shape index (κ3) is 3.52. The van der Waals surface area contributed by atoms with E-state index in [4.69, 9.17) is 2.74 Å². The van der Waals surface area contributed by atoms with Crippen LogP contribution in [0, 0.1) is 0 Å². The van der Waals surface area contributed by atoms with Gasteiger partial charge in [-0.15, -0.1) is 0 Å². The number of aromatic amines is 1. The van der Waals surface area contributed by atoms with Gasteiger partial charge in [-0.1, -0.05) is 18.2 Å². The number of halogens is 1. The number of carbonyl (C=O) groups excluding carboxylic acids is 1. The van der Waals surface area contributed by atoms with Crippen molar-refractivity contribution in [3.63, 3.8) is 0 Å². The zero-order chi connectivity index (χ0) is 22.3. The van der Waals surface area contributed by atoms with E-state index in [1.165, 1.54) is 0 Å². The topological polar surface area (TPSA) is 73.0 Å². The second-order valence-electron chi connectivity index (χ2n) is 6.97. The maximum Gasteiger partial charge on any atom is 0.323 e. The summed E-state index contributed by atoms with van der Waals surface area (Å²) in [5.41, 5.74) is 4.24. The number of hydrogen-bond acceptors (Lipinski definition) is 3. The third-order valence-electron chi connectivity index (χ3n) is 5.11. The molecule has 30 heavy (non-hydrogen) atoms. The molecule has 0 aliphatic carbocycles. The summed E-state index contributed by atoms with van der Waals surface area (Å²) in [5, 5.41) is 6.52.